The number of carbonyl (C=O) groups excluding carboxylic acids is 2. The Morgan fingerprint density at radius 1 is 1.28 bits per heavy atom. The quantitative estimate of drug-likeness (QED) is 0.706. The van der Waals surface area contributed by atoms with E-state index in [9.17, 15) is 9.59 Å². The van der Waals surface area contributed by atoms with E-state index in [-0.39, 0.29) is 29.9 Å². The van der Waals surface area contributed by atoms with E-state index in [2.05, 4.69) is 16.0 Å². The molecule has 136 valence electrons. The largest absolute Gasteiger partial charge is 0.493 e. The van der Waals surface area contributed by atoms with Gasteiger partial charge in [-0.25, -0.2) is 0 Å². The van der Waals surface area contributed by atoms with Crippen molar-refractivity contribution >= 4 is 11.8 Å². The van der Waals surface area contributed by atoms with Crippen LogP contribution < -0.4 is 25.4 Å². The van der Waals surface area contributed by atoms with Crippen LogP contribution in [-0.4, -0.2) is 43.8 Å². The number of carbonyl (C=O) groups is 2. The van der Waals surface area contributed by atoms with Gasteiger partial charge in [-0.1, -0.05) is 6.07 Å². The second-order valence-electron chi connectivity index (χ2n) is 6.99. The van der Waals surface area contributed by atoms with Crippen molar-refractivity contribution in [3.8, 4) is 11.5 Å². The molecule has 3 N–H and O–H groups in total. The van der Waals surface area contributed by atoms with Gasteiger partial charge in [0, 0.05) is 12.0 Å². The molecule has 1 heterocycles. The summed E-state index contributed by atoms with van der Waals surface area (Å²) in [6.45, 7) is 2.02. The van der Waals surface area contributed by atoms with Crippen LogP contribution in [0.5, 0.6) is 11.5 Å². The van der Waals surface area contributed by atoms with Crippen LogP contribution in [0.2, 0.25) is 0 Å². The molecule has 2 aliphatic rings. The minimum Gasteiger partial charge on any atom is -0.493 e. The Labute approximate surface area is 147 Å². The summed E-state index contributed by atoms with van der Waals surface area (Å²) in [4.78, 5) is 24.4. The van der Waals surface area contributed by atoms with Crippen LogP contribution in [0.25, 0.3) is 0 Å². The van der Waals surface area contributed by atoms with Crippen molar-refractivity contribution in [2.75, 3.05) is 14.2 Å². The van der Waals surface area contributed by atoms with Crippen molar-refractivity contribution in [3.05, 3.63) is 23.8 Å². The third kappa shape index (κ3) is 4.22. The SMILES string of the molecule is COc1ccc(CC2NC(=O)CC(C(=O)NC3(C)CC3)N2)cc1OC. The molecule has 2 unspecified atom stereocenters. The lowest BCUT2D eigenvalue weighted by molar-refractivity contribution is -0.132. The van der Waals surface area contributed by atoms with Crippen LogP contribution in [0.15, 0.2) is 18.2 Å². The van der Waals surface area contributed by atoms with Crippen LogP contribution in [0, 0.1) is 0 Å². The molecule has 0 radical (unpaired) electrons. The highest BCUT2D eigenvalue weighted by Gasteiger charge is 2.41. The fourth-order valence-electron chi connectivity index (χ4n) is 3.00. The van der Waals surface area contributed by atoms with E-state index in [1.807, 2.05) is 25.1 Å². The molecule has 1 aromatic carbocycles. The van der Waals surface area contributed by atoms with Gasteiger partial charge in [0.25, 0.3) is 0 Å². The zero-order valence-electron chi connectivity index (χ0n) is 14.8. The Morgan fingerprint density at radius 3 is 2.64 bits per heavy atom. The first-order valence-electron chi connectivity index (χ1n) is 8.51. The molecule has 2 amide bonds. The fourth-order valence-corrected chi connectivity index (χ4v) is 3.00. The smallest absolute Gasteiger partial charge is 0.238 e. The molecule has 3 rings (SSSR count). The molecule has 1 aromatic rings. The standard InChI is InChI=1S/C18H25N3O4/c1-18(6-7-18)21-17(23)12-10-16(22)20-15(19-12)9-11-4-5-13(24-2)14(8-11)25-3/h4-5,8,12,15,19H,6-7,9-10H2,1-3H3,(H,20,22)(H,21,23). The number of methoxy groups -OCH3 is 2. The molecule has 1 saturated carbocycles. The molecule has 0 bridgehead atoms. The first-order valence-corrected chi connectivity index (χ1v) is 8.51. The molecule has 2 fully saturated rings. The number of nitrogens with one attached hydrogen (secondary N) is 3. The number of rotatable bonds is 6. The van der Waals surface area contributed by atoms with Gasteiger partial charge in [-0.15, -0.1) is 0 Å². The highest BCUT2D eigenvalue weighted by molar-refractivity contribution is 5.90. The van der Waals surface area contributed by atoms with Crippen LogP contribution in [0.4, 0.5) is 0 Å². The number of amides is 2. The molecule has 1 aliphatic carbocycles. The molecular formula is C18H25N3O4. The maximum Gasteiger partial charge on any atom is 0.238 e. The van der Waals surface area contributed by atoms with Crippen molar-refractivity contribution in [2.24, 2.45) is 0 Å². The van der Waals surface area contributed by atoms with Crippen LogP contribution >= 0.6 is 0 Å². The molecule has 1 saturated heterocycles. The summed E-state index contributed by atoms with van der Waals surface area (Å²) in [5.74, 6) is 1.07. The Balaban J connectivity index is 1.65. The van der Waals surface area contributed by atoms with Gasteiger partial charge in [0.05, 0.1) is 32.8 Å². The van der Waals surface area contributed by atoms with Crippen molar-refractivity contribution in [1.82, 2.24) is 16.0 Å². The summed E-state index contributed by atoms with van der Waals surface area (Å²) < 4.78 is 10.5. The average molecular weight is 347 g/mol. The van der Waals surface area contributed by atoms with E-state index >= 15 is 0 Å². The monoisotopic (exact) mass is 347 g/mol. The second-order valence-corrected chi connectivity index (χ2v) is 6.99. The van der Waals surface area contributed by atoms with Gasteiger partial charge in [-0.3, -0.25) is 14.9 Å². The van der Waals surface area contributed by atoms with Gasteiger partial charge in [0.15, 0.2) is 11.5 Å². The maximum atomic E-state index is 12.4. The summed E-state index contributed by atoms with van der Waals surface area (Å²) >= 11 is 0. The molecule has 2 atom stereocenters. The molecule has 1 aliphatic heterocycles. The van der Waals surface area contributed by atoms with Gasteiger partial charge in [0.2, 0.25) is 11.8 Å². The van der Waals surface area contributed by atoms with Gasteiger partial charge < -0.3 is 20.1 Å². The van der Waals surface area contributed by atoms with Crippen LogP contribution in [0.3, 0.4) is 0 Å². The Hall–Kier alpha value is -2.28. The Morgan fingerprint density at radius 2 is 2.00 bits per heavy atom. The van der Waals surface area contributed by atoms with Crippen LogP contribution in [-0.2, 0) is 16.0 Å². The third-order valence-corrected chi connectivity index (χ3v) is 4.76. The summed E-state index contributed by atoms with van der Waals surface area (Å²) in [6.07, 6.45) is 2.39. The summed E-state index contributed by atoms with van der Waals surface area (Å²) in [7, 11) is 3.17. The summed E-state index contributed by atoms with van der Waals surface area (Å²) in [6, 6.07) is 5.12. The highest BCUT2D eigenvalue weighted by Crippen LogP contribution is 2.34. The van der Waals surface area contributed by atoms with Crippen molar-refractivity contribution < 1.29 is 19.1 Å². The minimum absolute atomic E-state index is 0.0917. The fraction of sp³-hybridized carbons (Fsp3) is 0.556. The summed E-state index contributed by atoms with van der Waals surface area (Å²) in [5, 5.41) is 9.14. The van der Waals surface area contributed by atoms with E-state index in [0.717, 1.165) is 18.4 Å². The normalized spacial score (nSPS) is 24.2. The van der Waals surface area contributed by atoms with Crippen LogP contribution in [0.1, 0.15) is 31.7 Å². The zero-order chi connectivity index (χ0) is 18.0. The van der Waals surface area contributed by atoms with Gasteiger partial charge in [-0.2, -0.15) is 0 Å². The lowest BCUT2D eigenvalue weighted by atomic mass is 10.0. The first kappa shape index (κ1) is 17.5. The average Bonchev–Trinajstić information content (AvgIpc) is 3.31. The minimum atomic E-state index is -0.503. The van der Waals surface area contributed by atoms with E-state index in [0.29, 0.717) is 17.9 Å². The number of hydrogen-bond donors (Lipinski definition) is 3. The van der Waals surface area contributed by atoms with Crippen molar-refractivity contribution in [1.29, 1.82) is 0 Å². The van der Waals surface area contributed by atoms with Gasteiger partial charge in [0.1, 0.15) is 0 Å². The molecule has 7 heteroatoms. The number of hydrogen-bond acceptors (Lipinski definition) is 5. The molecule has 25 heavy (non-hydrogen) atoms. The maximum absolute atomic E-state index is 12.4. The predicted molar refractivity (Wildman–Crippen MR) is 92.5 cm³/mol. The zero-order valence-corrected chi connectivity index (χ0v) is 14.8. The molecule has 7 nitrogen and oxygen atoms in total. The van der Waals surface area contributed by atoms with Gasteiger partial charge >= 0.3 is 0 Å². The van der Waals surface area contributed by atoms with Gasteiger partial charge in [-0.05, 0) is 37.5 Å². The second kappa shape index (κ2) is 6.92. The predicted octanol–water partition coefficient (Wildman–Crippen LogP) is 0.719. The number of ether oxygens (including phenoxy) is 2. The molecular weight excluding hydrogens is 322 g/mol. The summed E-state index contributed by atoms with van der Waals surface area (Å²) in [5.41, 5.74) is 0.886. The highest BCUT2D eigenvalue weighted by atomic mass is 16.5. The molecule has 0 spiro atoms. The van der Waals surface area contributed by atoms with E-state index in [1.54, 1.807) is 14.2 Å². The topological polar surface area (TPSA) is 88.7 Å². The Kier molecular flexibility index (Phi) is 4.85. The third-order valence-electron chi connectivity index (χ3n) is 4.76. The number of benzene rings is 1. The Bertz CT molecular complexity index is 672. The molecule has 0 aromatic heterocycles. The van der Waals surface area contributed by atoms with E-state index in [4.69, 9.17) is 9.47 Å². The first-order chi connectivity index (χ1) is 11.9. The lowest BCUT2D eigenvalue weighted by Crippen LogP contribution is -2.62. The van der Waals surface area contributed by atoms with Crippen molar-refractivity contribution in [3.63, 3.8) is 0 Å². The van der Waals surface area contributed by atoms with Crippen molar-refractivity contribution in [2.45, 2.75) is 50.4 Å². The van der Waals surface area contributed by atoms with E-state index < -0.39 is 6.04 Å². The lowest BCUT2D eigenvalue weighted by Gasteiger charge is -2.31. The van der Waals surface area contributed by atoms with E-state index in [1.165, 1.54) is 0 Å².